The number of halogens is 2. The van der Waals surface area contributed by atoms with Gasteiger partial charge in [-0.15, -0.1) is 0 Å². The van der Waals surface area contributed by atoms with Gasteiger partial charge in [0.05, 0.1) is 60.2 Å². The molecule has 5 fully saturated rings. The number of amides is 4. The van der Waals surface area contributed by atoms with E-state index in [1.165, 1.54) is 32.4 Å². The largest absolute Gasteiger partial charge is 0.497 e. The summed E-state index contributed by atoms with van der Waals surface area (Å²) in [4.78, 5) is 72.5. The molecule has 3 aromatic rings. The van der Waals surface area contributed by atoms with E-state index >= 15 is 0 Å². The highest BCUT2D eigenvalue weighted by Crippen LogP contribution is 2.63. The van der Waals surface area contributed by atoms with Crippen LogP contribution in [0, 0.1) is 41.4 Å². The van der Waals surface area contributed by atoms with E-state index in [-0.39, 0.29) is 17.2 Å². The Morgan fingerprint density at radius 2 is 1.16 bits per heavy atom. The first-order valence-electron chi connectivity index (χ1n) is 14.3. The first kappa shape index (κ1) is 29.3. The molecule has 3 aliphatic carbocycles. The monoisotopic (exact) mass is 648 g/mol. The molecule has 45 heavy (non-hydrogen) atoms. The van der Waals surface area contributed by atoms with Crippen molar-refractivity contribution < 1.29 is 38.2 Å². The maximum atomic E-state index is 14.2. The van der Waals surface area contributed by atoms with Crippen LogP contribution in [-0.4, -0.2) is 43.8 Å². The molecule has 2 saturated heterocycles. The van der Waals surface area contributed by atoms with Crippen molar-refractivity contribution in [3.8, 4) is 17.2 Å². The predicted molar refractivity (Wildman–Crippen MR) is 162 cm³/mol. The summed E-state index contributed by atoms with van der Waals surface area (Å²) < 4.78 is 16.1. The lowest BCUT2D eigenvalue weighted by Gasteiger charge is -2.51. The van der Waals surface area contributed by atoms with Crippen LogP contribution in [0.25, 0.3) is 0 Å². The van der Waals surface area contributed by atoms with Crippen LogP contribution in [-0.2, 0) is 24.0 Å². The number of nitrogens with zero attached hydrogens (tertiary/aromatic N) is 2. The molecule has 2 bridgehead atoms. The molecule has 7 atom stereocenters. The van der Waals surface area contributed by atoms with Gasteiger partial charge in [0.15, 0.2) is 0 Å². The number of imide groups is 2. The molecule has 5 aliphatic rings. The SMILES string of the molecule is COc1ccc(N2C(=O)[C@@H]3C4[C@@H](C(=O)Oc5ccc(Cl)cc5Cl)CC([C@H]5C(=O)N(c6ccc(OC)cc6)C(=O)[C@@H]45)[C@@H]3C2=O)cc1. The maximum absolute atomic E-state index is 14.2. The Morgan fingerprint density at radius 3 is 1.60 bits per heavy atom. The molecule has 8 rings (SSSR count). The standard InChI is InChI=1S/C33H26Cl2N2O8/c1-43-18-8-4-16(5-9-18)36-29(38)25-20-14-21(33(42)45-23-12-3-15(34)13-22(23)35)24(27(25)31(36)40)28-26(20)30(39)37(32(28)41)17-6-10-19(44-2)11-7-17/h3-13,20-21,24-28H,14H2,1-2H3/t20?,21-,24?,25-,26+,27+,28-/m0/s1. The minimum absolute atomic E-state index is 0.0722. The zero-order valence-electron chi connectivity index (χ0n) is 24.0. The fourth-order valence-corrected chi connectivity index (χ4v) is 8.24. The second-order valence-electron chi connectivity index (χ2n) is 11.6. The van der Waals surface area contributed by atoms with Crippen LogP contribution in [0.5, 0.6) is 17.2 Å². The number of hydrogen-bond acceptors (Lipinski definition) is 8. The third-order valence-electron chi connectivity index (χ3n) is 9.61. The Labute approximate surface area is 267 Å². The van der Waals surface area contributed by atoms with Gasteiger partial charge >= 0.3 is 5.97 Å². The highest BCUT2D eigenvalue weighted by molar-refractivity contribution is 6.35. The molecule has 10 nitrogen and oxygen atoms in total. The summed E-state index contributed by atoms with van der Waals surface area (Å²) in [5, 5.41) is 0.466. The lowest BCUT2D eigenvalue weighted by molar-refractivity contribution is -0.167. The van der Waals surface area contributed by atoms with Gasteiger partial charge in [-0.2, -0.15) is 0 Å². The zero-order chi connectivity index (χ0) is 31.7. The summed E-state index contributed by atoms with van der Waals surface area (Å²) in [5.41, 5.74) is 0.684. The van der Waals surface area contributed by atoms with Gasteiger partial charge in [0.25, 0.3) is 0 Å². The van der Waals surface area contributed by atoms with Gasteiger partial charge in [-0.25, -0.2) is 0 Å². The Bertz CT molecular complexity index is 1670. The molecule has 2 heterocycles. The molecule has 230 valence electrons. The van der Waals surface area contributed by atoms with E-state index in [0.717, 1.165) is 9.80 Å². The summed E-state index contributed by atoms with van der Waals surface area (Å²) in [6.45, 7) is 0. The molecular formula is C33H26Cl2N2O8. The Kier molecular flexibility index (Phi) is 7.09. The van der Waals surface area contributed by atoms with E-state index in [1.807, 2.05) is 0 Å². The second kappa shape index (κ2) is 10.9. The van der Waals surface area contributed by atoms with Gasteiger partial charge in [-0.1, -0.05) is 23.2 Å². The molecule has 0 radical (unpaired) electrons. The third kappa shape index (κ3) is 4.41. The van der Waals surface area contributed by atoms with Crippen LogP contribution in [0.3, 0.4) is 0 Å². The third-order valence-corrected chi connectivity index (χ3v) is 10.1. The summed E-state index contributed by atoms with van der Waals surface area (Å²) in [6.07, 6.45) is 0.0853. The Balaban J connectivity index is 1.29. The van der Waals surface area contributed by atoms with Crippen molar-refractivity contribution in [3.05, 3.63) is 76.8 Å². The van der Waals surface area contributed by atoms with Crippen LogP contribution in [0.15, 0.2) is 66.7 Å². The van der Waals surface area contributed by atoms with E-state index in [1.54, 1.807) is 48.5 Å². The second-order valence-corrected chi connectivity index (χ2v) is 12.4. The lowest BCUT2D eigenvalue weighted by atomic mass is 9.48. The van der Waals surface area contributed by atoms with Gasteiger partial charge < -0.3 is 14.2 Å². The summed E-state index contributed by atoms with van der Waals surface area (Å²) in [7, 11) is 3.01. The number of esters is 1. The number of anilines is 2. The highest BCUT2D eigenvalue weighted by atomic mass is 35.5. The molecule has 0 aromatic heterocycles. The van der Waals surface area contributed by atoms with Crippen LogP contribution < -0.4 is 24.0 Å². The van der Waals surface area contributed by atoms with Crippen molar-refractivity contribution in [1.29, 1.82) is 0 Å². The first-order valence-corrected chi connectivity index (χ1v) is 15.1. The van der Waals surface area contributed by atoms with Crippen LogP contribution in [0.4, 0.5) is 11.4 Å². The number of rotatable bonds is 6. The smallest absolute Gasteiger partial charge is 0.314 e. The van der Waals surface area contributed by atoms with Crippen LogP contribution in [0.2, 0.25) is 10.0 Å². The molecule has 0 spiro atoms. The Morgan fingerprint density at radius 1 is 0.689 bits per heavy atom. The molecule has 3 saturated carbocycles. The summed E-state index contributed by atoms with van der Waals surface area (Å²) in [6, 6.07) is 17.4. The zero-order valence-corrected chi connectivity index (χ0v) is 25.5. The number of carbonyl (C=O) groups excluding carboxylic acids is 5. The van der Waals surface area contributed by atoms with Gasteiger partial charge in [-0.05, 0) is 85.0 Å². The minimum Gasteiger partial charge on any atom is -0.497 e. The maximum Gasteiger partial charge on any atom is 0.314 e. The van der Waals surface area contributed by atoms with E-state index in [4.69, 9.17) is 37.4 Å². The Hall–Kier alpha value is -4.41. The average molecular weight is 649 g/mol. The summed E-state index contributed by atoms with van der Waals surface area (Å²) in [5.74, 6) is -7.97. The van der Waals surface area contributed by atoms with E-state index < -0.39 is 71.0 Å². The quantitative estimate of drug-likeness (QED) is 0.213. The van der Waals surface area contributed by atoms with Crippen molar-refractivity contribution in [2.75, 3.05) is 24.0 Å². The number of hydrogen-bond donors (Lipinski definition) is 0. The number of ether oxygens (including phenoxy) is 3. The topological polar surface area (TPSA) is 120 Å². The molecular weight excluding hydrogens is 623 g/mol. The van der Waals surface area contributed by atoms with Crippen LogP contribution in [0.1, 0.15) is 6.42 Å². The molecule has 2 aliphatic heterocycles. The van der Waals surface area contributed by atoms with E-state index in [9.17, 15) is 24.0 Å². The van der Waals surface area contributed by atoms with Gasteiger partial charge in [0.1, 0.15) is 17.2 Å². The van der Waals surface area contributed by atoms with E-state index in [0.29, 0.717) is 27.9 Å². The normalized spacial score (nSPS) is 28.3. The average Bonchev–Trinajstić information content (AvgIpc) is 3.48. The highest BCUT2D eigenvalue weighted by Gasteiger charge is 2.73. The predicted octanol–water partition coefficient (Wildman–Crippen LogP) is 4.79. The van der Waals surface area contributed by atoms with Crippen molar-refractivity contribution >= 4 is 64.2 Å². The molecule has 2 unspecified atom stereocenters. The minimum atomic E-state index is -1.01. The van der Waals surface area contributed by atoms with Crippen molar-refractivity contribution in [1.82, 2.24) is 0 Å². The van der Waals surface area contributed by atoms with E-state index in [2.05, 4.69) is 0 Å². The molecule has 0 N–H and O–H groups in total. The van der Waals surface area contributed by atoms with Crippen molar-refractivity contribution in [2.45, 2.75) is 6.42 Å². The van der Waals surface area contributed by atoms with Crippen LogP contribution >= 0.6 is 23.2 Å². The lowest BCUT2D eigenvalue weighted by Crippen LogP contribution is -2.58. The van der Waals surface area contributed by atoms with Gasteiger partial charge in [0.2, 0.25) is 23.6 Å². The number of methoxy groups -OCH3 is 2. The van der Waals surface area contributed by atoms with Crippen molar-refractivity contribution in [3.63, 3.8) is 0 Å². The molecule has 4 amide bonds. The summed E-state index contributed by atoms with van der Waals surface area (Å²) >= 11 is 12.3. The first-order chi connectivity index (χ1) is 21.6. The van der Waals surface area contributed by atoms with Gasteiger partial charge in [0, 0.05) is 5.02 Å². The number of carbonyl (C=O) groups is 5. The van der Waals surface area contributed by atoms with Gasteiger partial charge in [-0.3, -0.25) is 33.8 Å². The molecule has 12 heteroatoms. The molecule has 3 aromatic carbocycles. The fourth-order valence-electron chi connectivity index (χ4n) is 7.79. The van der Waals surface area contributed by atoms with Crippen molar-refractivity contribution in [2.24, 2.45) is 41.4 Å². The number of benzene rings is 3. The number of fused-ring (bicyclic) bond motifs is 1. The fraction of sp³-hybridized carbons (Fsp3) is 0.303.